The number of aromatic nitrogens is 2. The summed E-state index contributed by atoms with van der Waals surface area (Å²) >= 11 is 9.21. The highest BCUT2D eigenvalue weighted by Crippen LogP contribution is 2.16. The Hall–Kier alpha value is -3.49. The minimum Gasteiger partial charge on any atom is -0.484 e. The summed E-state index contributed by atoms with van der Waals surface area (Å²) in [7, 11) is 0. The molecule has 1 aromatic heterocycles. The van der Waals surface area contributed by atoms with E-state index in [0.29, 0.717) is 33.2 Å². The number of aryl methyl sites for hydroxylation is 1. The zero-order chi connectivity index (χ0) is 23.4. The Bertz CT molecular complexity index is 1400. The molecule has 1 amide bonds. The van der Waals surface area contributed by atoms with Gasteiger partial charge in [0.2, 0.25) is 0 Å². The molecule has 0 atom stereocenters. The van der Waals surface area contributed by atoms with Crippen LogP contribution in [0.5, 0.6) is 5.75 Å². The van der Waals surface area contributed by atoms with Gasteiger partial charge in [0.15, 0.2) is 6.61 Å². The van der Waals surface area contributed by atoms with Gasteiger partial charge in [-0.1, -0.05) is 27.5 Å². The normalized spacial score (nSPS) is 11.1. The van der Waals surface area contributed by atoms with Crippen LogP contribution in [0.25, 0.3) is 10.9 Å². The van der Waals surface area contributed by atoms with Crippen LogP contribution in [0.2, 0.25) is 5.02 Å². The van der Waals surface area contributed by atoms with Crippen LogP contribution in [0.3, 0.4) is 0 Å². The van der Waals surface area contributed by atoms with Gasteiger partial charge >= 0.3 is 0 Å². The zero-order valence-electron chi connectivity index (χ0n) is 17.5. The number of amides is 1. The molecule has 0 bridgehead atoms. The maximum atomic E-state index is 12.8. The third-order valence-electron chi connectivity index (χ3n) is 4.67. The molecule has 9 heteroatoms. The summed E-state index contributed by atoms with van der Waals surface area (Å²) in [6, 6.07) is 19.2. The molecule has 0 saturated carbocycles. The van der Waals surface area contributed by atoms with Gasteiger partial charge in [0.05, 0.1) is 17.1 Å². The fraction of sp³-hybridized carbons (Fsp3) is 0.0833. The van der Waals surface area contributed by atoms with Gasteiger partial charge in [-0.25, -0.2) is 4.98 Å². The van der Waals surface area contributed by atoms with E-state index in [1.807, 2.05) is 6.07 Å². The summed E-state index contributed by atoms with van der Waals surface area (Å²) in [6.07, 6.45) is 1.57. The number of halogens is 2. The SMILES string of the molecule is Cc1nc2ccc(Br)cc2c(=O)n1N=Cc1ccc(OCC(=O)Nc2ccc(Cl)cc2)cc1. The molecule has 166 valence electrons. The number of ether oxygens (including phenoxy) is 1. The molecule has 0 saturated heterocycles. The van der Waals surface area contributed by atoms with Crippen molar-refractivity contribution in [2.24, 2.45) is 5.10 Å². The van der Waals surface area contributed by atoms with Crippen LogP contribution < -0.4 is 15.6 Å². The fourth-order valence-electron chi connectivity index (χ4n) is 3.05. The van der Waals surface area contributed by atoms with Crippen LogP contribution in [0, 0.1) is 6.92 Å². The van der Waals surface area contributed by atoms with Gasteiger partial charge in [-0.05, 0) is 79.2 Å². The average molecular weight is 526 g/mol. The van der Waals surface area contributed by atoms with Crippen molar-refractivity contribution in [3.63, 3.8) is 0 Å². The minimum absolute atomic E-state index is 0.136. The Morgan fingerprint density at radius 1 is 1.15 bits per heavy atom. The van der Waals surface area contributed by atoms with Crippen molar-refractivity contribution in [3.05, 3.63) is 98.0 Å². The first kappa shape index (κ1) is 22.7. The number of carbonyl (C=O) groups is 1. The van der Waals surface area contributed by atoms with E-state index in [-0.39, 0.29) is 18.1 Å². The Labute approximate surface area is 202 Å². The maximum Gasteiger partial charge on any atom is 0.282 e. The molecule has 3 aromatic carbocycles. The van der Waals surface area contributed by atoms with Crippen molar-refractivity contribution in [1.82, 2.24) is 9.66 Å². The van der Waals surface area contributed by atoms with Crippen molar-refractivity contribution in [2.75, 3.05) is 11.9 Å². The molecule has 7 nitrogen and oxygen atoms in total. The number of rotatable bonds is 6. The van der Waals surface area contributed by atoms with Crippen LogP contribution in [-0.4, -0.2) is 28.4 Å². The smallest absolute Gasteiger partial charge is 0.282 e. The average Bonchev–Trinajstić information content (AvgIpc) is 2.80. The second-order valence-electron chi connectivity index (χ2n) is 7.09. The van der Waals surface area contributed by atoms with Crippen LogP contribution >= 0.6 is 27.5 Å². The summed E-state index contributed by atoms with van der Waals surface area (Å²) in [4.78, 5) is 29.3. The number of nitrogens with one attached hydrogen (secondary N) is 1. The van der Waals surface area contributed by atoms with E-state index in [0.717, 1.165) is 10.0 Å². The van der Waals surface area contributed by atoms with E-state index in [1.54, 1.807) is 73.8 Å². The number of benzene rings is 3. The number of fused-ring (bicyclic) bond motifs is 1. The van der Waals surface area contributed by atoms with Gasteiger partial charge < -0.3 is 10.1 Å². The van der Waals surface area contributed by atoms with Gasteiger partial charge in [-0.15, -0.1) is 0 Å². The van der Waals surface area contributed by atoms with E-state index in [2.05, 4.69) is 31.3 Å². The molecular formula is C24H18BrClN4O3. The molecule has 1 N–H and O–H groups in total. The zero-order valence-corrected chi connectivity index (χ0v) is 19.8. The largest absolute Gasteiger partial charge is 0.484 e. The number of anilines is 1. The fourth-order valence-corrected chi connectivity index (χ4v) is 3.54. The van der Waals surface area contributed by atoms with Gasteiger partial charge in [0, 0.05) is 15.2 Å². The van der Waals surface area contributed by atoms with Crippen LogP contribution in [0.4, 0.5) is 5.69 Å². The lowest BCUT2D eigenvalue weighted by Crippen LogP contribution is -2.20. The monoisotopic (exact) mass is 524 g/mol. The number of nitrogens with zero attached hydrogens (tertiary/aromatic N) is 3. The van der Waals surface area contributed by atoms with Crippen molar-refractivity contribution in [1.29, 1.82) is 0 Å². The third-order valence-corrected chi connectivity index (χ3v) is 5.42. The molecule has 0 fully saturated rings. The second kappa shape index (κ2) is 9.97. The molecule has 0 spiro atoms. The predicted octanol–water partition coefficient (Wildman–Crippen LogP) is 5.02. The second-order valence-corrected chi connectivity index (χ2v) is 8.45. The molecule has 4 aromatic rings. The summed E-state index contributed by atoms with van der Waals surface area (Å²) in [5.74, 6) is 0.731. The minimum atomic E-state index is -0.284. The highest BCUT2D eigenvalue weighted by Gasteiger charge is 2.08. The topological polar surface area (TPSA) is 85.6 Å². The maximum absolute atomic E-state index is 12.8. The number of carbonyl (C=O) groups excluding carboxylic acids is 1. The molecule has 0 aliphatic rings. The van der Waals surface area contributed by atoms with Crippen molar-refractivity contribution < 1.29 is 9.53 Å². The summed E-state index contributed by atoms with van der Waals surface area (Å²) in [6.45, 7) is 1.59. The molecule has 4 rings (SSSR count). The lowest BCUT2D eigenvalue weighted by atomic mass is 10.2. The predicted molar refractivity (Wildman–Crippen MR) is 133 cm³/mol. The molecule has 0 unspecified atom stereocenters. The summed E-state index contributed by atoms with van der Waals surface area (Å²) in [5.41, 5.74) is 1.77. The molecule has 1 heterocycles. The van der Waals surface area contributed by atoms with Crippen molar-refractivity contribution >= 4 is 56.2 Å². The van der Waals surface area contributed by atoms with Gasteiger partial charge in [0.25, 0.3) is 11.5 Å². The first-order chi connectivity index (χ1) is 15.9. The first-order valence-electron chi connectivity index (χ1n) is 9.90. The van der Waals surface area contributed by atoms with Gasteiger partial charge in [-0.2, -0.15) is 9.78 Å². The van der Waals surface area contributed by atoms with E-state index in [4.69, 9.17) is 16.3 Å². The van der Waals surface area contributed by atoms with Crippen LogP contribution in [-0.2, 0) is 4.79 Å². The van der Waals surface area contributed by atoms with E-state index in [1.165, 1.54) is 4.68 Å². The Morgan fingerprint density at radius 2 is 1.88 bits per heavy atom. The summed E-state index contributed by atoms with van der Waals surface area (Å²) < 4.78 is 7.59. The van der Waals surface area contributed by atoms with E-state index < -0.39 is 0 Å². The number of hydrogen-bond donors (Lipinski definition) is 1. The van der Waals surface area contributed by atoms with E-state index in [9.17, 15) is 9.59 Å². The molecule has 0 aliphatic carbocycles. The highest BCUT2D eigenvalue weighted by atomic mass is 79.9. The standard InChI is InChI=1S/C24H18BrClN4O3/c1-15-28-22-11-4-17(25)12-21(22)24(32)30(15)27-13-16-2-9-20(10-3-16)33-14-23(31)29-19-7-5-18(26)6-8-19/h2-13H,14H2,1H3,(H,29,31). The Balaban J connectivity index is 1.41. The van der Waals surface area contributed by atoms with Crippen LogP contribution in [0.15, 0.2) is 81.1 Å². The molecule has 0 radical (unpaired) electrons. The first-order valence-corrected chi connectivity index (χ1v) is 11.1. The molecule has 0 aliphatic heterocycles. The van der Waals surface area contributed by atoms with Gasteiger partial charge in [-0.3, -0.25) is 9.59 Å². The molecule has 33 heavy (non-hydrogen) atoms. The van der Waals surface area contributed by atoms with Crippen LogP contribution in [0.1, 0.15) is 11.4 Å². The lowest BCUT2D eigenvalue weighted by molar-refractivity contribution is -0.118. The van der Waals surface area contributed by atoms with Crippen molar-refractivity contribution in [2.45, 2.75) is 6.92 Å². The Morgan fingerprint density at radius 3 is 2.61 bits per heavy atom. The third kappa shape index (κ3) is 5.66. The number of hydrogen-bond acceptors (Lipinski definition) is 5. The lowest BCUT2D eigenvalue weighted by Gasteiger charge is -2.08. The van der Waals surface area contributed by atoms with Crippen molar-refractivity contribution in [3.8, 4) is 5.75 Å². The molecular weight excluding hydrogens is 508 g/mol. The Kier molecular flexibility index (Phi) is 6.86. The highest BCUT2D eigenvalue weighted by molar-refractivity contribution is 9.10. The van der Waals surface area contributed by atoms with E-state index >= 15 is 0 Å². The summed E-state index contributed by atoms with van der Waals surface area (Å²) in [5, 5.41) is 8.10. The van der Waals surface area contributed by atoms with Gasteiger partial charge in [0.1, 0.15) is 11.6 Å². The quantitative estimate of drug-likeness (QED) is 0.358.